The number of halogens is 1. The van der Waals surface area contributed by atoms with E-state index in [2.05, 4.69) is 0 Å². The second-order valence-corrected chi connectivity index (χ2v) is 6.05. The summed E-state index contributed by atoms with van der Waals surface area (Å²) in [6.45, 7) is 0.545. The molecular formula is C15H16ClNO3. The Labute approximate surface area is 122 Å². The van der Waals surface area contributed by atoms with Crippen molar-refractivity contribution >= 4 is 23.5 Å². The number of hydrogen-bond acceptors (Lipinski definition) is 2. The van der Waals surface area contributed by atoms with Gasteiger partial charge in [0.25, 0.3) is 0 Å². The second kappa shape index (κ2) is 5.09. The topological polar surface area (TPSA) is 57.6 Å². The van der Waals surface area contributed by atoms with Gasteiger partial charge in [-0.2, -0.15) is 0 Å². The van der Waals surface area contributed by atoms with Gasteiger partial charge in [0, 0.05) is 17.6 Å². The number of hydrogen-bond donors (Lipinski definition) is 1. The van der Waals surface area contributed by atoms with Crippen molar-refractivity contribution in [1.82, 2.24) is 4.90 Å². The zero-order valence-electron chi connectivity index (χ0n) is 11.0. The largest absolute Gasteiger partial charge is 0.481 e. The van der Waals surface area contributed by atoms with Gasteiger partial charge in [-0.05, 0) is 37.0 Å². The Morgan fingerprint density at radius 1 is 1.20 bits per heavy atom. The third-order valence-corrected chi connectivity index (χ3v) is 4.21. The van der Waals surface area contributed by atoms with Crippen LogP contribution in [0.5, 0.6) is 0 Å². The lowest BCUT2D eigenvalue weighted by Crippen LogP contribution is -2.34. The molecule has 1 amide bonds. The van der Waals surface area contributed by atoms with Crippen molar-refractivity contribution in [3.63, 3.8) is 0 Å². The van der Waals surface area contributed by atoms with Crippen LogP contribution in [-0.2, 0) is 16.1 Å². The highest BCUT2D eigenvalue weighted by Crippen LogP contribution is 2.42. The summed E-state index contributed by atoms with van der Waals surface area (Å²) < 4.78 is 0. The summed E-state index contributed by atoms with van der Waals surface area (Å²) >= 11 is 5.85. The van der Waals surface area contributed by atoms with E-state index in [0.29, 0.717) is 18.0 Å². The van der Waals surface area contributed by atoms with Crippen LogP contribution in [0.4, 0.5) is 0 Å². The predicted molar refractivity (Wildman–Crippen MR) is 74.3 cm³/mol. The summed E-state index contributed by atoms with van der Waals surface area (Å²) in [6, 6.07) is 7.72. The highest BCUT2D eigenvalue weighted by Gasteiger charge is 2.51. The molecule has 2 saturated carbocycles. The molecule has 0 saturated heterocycles. The SMILES string of the molecule is O=C(O)[C@H]1C[C@H]1C(=O)N(Cc1ccc(Cl)cc1)C1CC1. The molecule has 0 unspecified atom stereocenters. The van der Waals surface area contributed by atoms with Crippen LogP contribution in [0.3, 0.4) is 0 Å². The van der Waals surface area contributed by atoms with Crippen molar-refractivity contribution in [3.8, 4) is 0 Å². The minimum atomic E-state index is -0.856. The maximum absolute atomic E-state index is 12.4. The van der Waals surface area contributed by atoms with Crippen molar-refractivity contribution in [2.45, 2.75) is 31.8 Å². The third kappa shape index (κ3) is 2.80. The fourth-order valence-electron chi connectivity index (χ4n) is 2.51. The molecule has 0 heterocycles. The average Bonchev–Trinajstić information content (AvgIpc) is 3.28. The molecular weight excluding hydrogens is 278 g/mol. The van der Waals surface area contributed by atoms with Gasteiger partial charge in [0.05, 0.1) is 11.8 Å². The number of carbonyl (C=O) groups is 2. The number of amides is 1. The maximum atomic E-state index is 12.4. The molecule has 1 aromatic carbocycles. The maximum Gasteiger partial charge on any atom is 0.307 e. The number of carboxylic acids is 1. The van der Waals surface area contributed by atoms with Gasteiger partial charge in [0.15, 0.2) is 0 Å². The first-order chi connectivity index (χ1) is 9.56. The van der Waals surface area contributed by atoms with Crippen LogP contribution in [0.2, 0.25) is 5.02 Å². The summed E-state index contributed by atoms with van der Waals surface area (Å²) in [4.78, 5) is 25.1. The molecule has 5 heteroatoms. The Balaban J connectivity index is 1.68. The first kappa shape index (κ1) is 13.4. The number of carbonyl (C=O) groups excluding carboxylic acids is 1. The Kier molecular flexibility index (Phi) is 3.42. The van der Waals surface area contributed by atoms with Crippen LogP contribution in [0.1, 0.15) is 24.8 Å². The fourth-order valence-corrected chi connectivity index (χ4v) is 2.64. The fraction of sp³-hybridized carbons (Fsp3) is 0.467. The number of nitrogens with zero attached hydrogens (tertiary/aromatic N) is 1. The summed E-state index contributed by atoms with van der Waals surface area (Å²) in [6.07, 6.45) is 2.52. The minimum Gasteiger partial charge on any atom is -0.481 e. The molecule has 0 aliphatic heterocycles. The van der Waals surface area contributed by atoms with E-state index < -0.39 is 11.9 Å². The summed E-state index contributed by atoms with van der Waals surface area (Å²) in [5, 5.41) is 9.62. The number of rotatable bonds is 5. The second-order valence-electron chi connectivity index (χ2n) is 5.61. The molecule has 1 N–H and O–H groups in total. The molecule has 1 aromatic rings. The Hall–Kier alpha value is -1.55. The van der Waals surface area contributed by atoms with Crippen LogP contribution in [0, 0.1) is 11.8 Å². The monoisotopic (exact) mass is 293 g/mol. The van der Waals surface area contributed by atoms with Crippen molar-refractivity contribution in [2.75, 3.05) is 0 Å². The molecule has 3 rings (SSSR count). The van der Waals surface area contributed by atoms with Gasteiger partial charge in [-0.1, -0.05) is 23.7 Å². The predicted octanol–water partition coefficient (Wildman–Crippen LogP) is 2.55. The van der Waals surface area contributed by atoms with Crippen LogP contribution in [0.25, 0.3) is 0 Å². The lowest BCUT2D eigenvalue weighted by molar-refractivity contribution is -0.142. The summed E-state index contributed by atoms with van der Waals surface area (Å²) in [5.74, 6) is -1.66. The Morgan fingerprint density at radius 3 is 2.35 bits per heavy atom. The lowest BCUT2D eigenvalue weighted by atomic mass is 10.2. The summed E-state index contributed by atoms with van der Waals surface area (Å²) in [5.41, 5.74) is 1.03. The van der Waals surface area contributed by atoms with Crippen LogP contribution in [-0.4, -0.2) is 27.9 Å². The molecule has 106 valence electrons. The Morgan fingerprint density at radius 2 is 1.85 bits per heavy atom. The van der Waals surface area contributed by atoms with E-state index in [1.807, 2.05) is 29.2 Å². The summed E-state index contributed by atoms with van der Waals surface area (Å²) in [7, 11) is 0. The van der Waals surface area contributed by atoms with E-state index in [0.717, 1.165) is 18.4 Å². The van der Waals surface area contributed by atoms with Crippen LogP contribution < -0.4 is 0 Å². The molecule has 0 spiro atoms. The normalized spacial score (nSPS) is 24.2. The van der Waals surface area contributed by atoms with Crippen LogP contribution >= 0.6 is 11.6 Å². The number of benzene rings is 1. The number of aliphatic carboxylic acids is 1. The third-order valence-electron chi connectivity index (χ3n) is 3.96. The first-order valence-corrected chi connectivity index (χ1v) is 7.22. The van der Waals surface area contributed by atoms with E-state index >= 15 is 0 Å². The van der Waals surface area contributed by atoms with Gasteiger partial charge in [0.1, 0.15) is 0 Å². The minimum absolute atomic E-state index is 0.00477. The number of carboxylic acid groups (broad SMARTS) is 1. The average molecular weight is 294 g/mol. The van der Waals surface area contributed by atoms with E-state index in [4.69, 9.17) is 16.7 Å². The van der Waals surface area contributed by atoms with Gasteiger partial charge in [-0.15, -0.1) is 0 Å². The van der Waals surface area contributed by atoms with Crippen molar-refractivity contribution in [3.05, 3.63) is 34.9 Å². The van der Waals surface area contributed by atoms with Crippen molar-refractivity contribution in [2.24, 2.45) is 11.8 Å². The molecule has 2 atom stereocenters. The van der Waals surface area contributed by atoms with E-state index in [9.17, 15) is 9.59 Å². The molecule has 0 aromatic heterocycles. The van der Waals surface area contributed by atoms with Gasteiger partial charge in [-0.25, -0.2) is 0 Å². The Bertz CT molecular complexity index is 539. The molecule has 2 aliphatic rings. The zero-order valence-corrected chi connectivity index (χ0v) is 11.7. The van der Waals surface area contributed by atoms with Crippen LogP contribution in [0.15, 0.2) is 24.3 Å². The zero-order chi connectivity index (χ0) is 14.3. The van der Waals surface area contributed by atoms with E-state index in [-0.39, 0.29) is 17.9 Å². The lowest BCUT2D eigenvalue weighted by Gasteiger charge is -2.22. The molecule has 0 radical (unpaired) electrons. The molecule has 2 fully saturated rings. The van der Waals surface area contributed by atoms with E-state index in [1.54, 1.807) is 0 Å². The van der Waals surface area contributed by atoms with Gasteiger partial charge in [0.2, 0.25) is 5.91 Å². The molecule has 20 heavy (non-hydrogen) atoms. The molecule has 2 aliphatic carbocycles. The van der Waals surface area contributed by atoms with Crippen molar-refractivity contribution < 1.29 is 14.7 Å². The van der Waals surface area contributed by atoms with Gasteiger partial charge in [-0.3, -0.25) is 9.59 Å². The smallest absolute Gasteiger partial charge is 0.307 e. The quantitative estimate of drug-likeness (QED) is 0.907. The van der Waals surface area contributed by atoms with E-state index in [1.165, 1.54) is 0 Å². The van der Waals surface area contributed by atoms with Gasteiger partial charge < -0.3 is 10.0 Å². The van der Waals surface area contributed by atoms with Crippen molar-refractivity contribution in [1.29, 1.82) is 0 Å². The highest BCUT2D eigenvalue weighted by molar-refractivity contribution is 6.30. The first-order valence-electron chi connectivity index (χ1n) is 6.84. The molecule has 4 nitrogen and oxygen atoms in total. The van der Waals surface area contributed by atoms with Gasteiger partial charge >= 0.3 is 5.97 Å². The highest BCUT2D eigenvalue weighted by atomic mass is 35.5. The standard InChI is InChI=1S/C15H16ClNO3/c16-10-3-1-9(2-4-10)8-17(11-5-6-11)14(18)12-7-13(12)15(19)20/h1-4,11-13H,5-8H2,(H,19,20)/t12-,13+/m1/s1. The molecule has 0 bridgehead atoms.